The lowest BCUT2D eigenvalue weighted by molar-refractivity contribution is -0.153. The Balaban J connectivity index is 0.00000364. The summed E-state index contributed by atoms with van der Waals surface area (Å²) >= 11 is 0. The van der Waals surface area contributed by atoms with Gasteiger partial charge in [0.15, 0.2) is 18.1 Å². The second kappa shape index (κ2) is 10.6. The van der Waals surface area contributed by atoms with Crippen molar-refractivity contribution in [3.63, 3.8) is 0 Å². The summed E-state index contributed by atoms with van der Waals surface area (Å²) in [5, 5.41) is 3.27. The molecule has 0 aliphatic carbocycles. The minimum Gasteiger partial charge on any atom is -0.493 e. The monoisotopic (exact) mass is 410 g/mol. The highest BCUT2D eigenvalue weighted by molar-refractivity contribution is 5.85. The maximum absolute atomic E-state index is 12.4. The van der Waals surface area contributed by atoms with E-state index in [4.69, 9.17) is 9.47 Å². The molecule has 0 spiro atoms. The van der Waals surface area contributed by atoms with Crippen molar-refractivity contribution < 1.29 is 27.4 Å². The number of halogens is 4. The van der Waals surface area contributed by atoms with Gasteiger partial charge in [0.05, 0.1) is 7.11 Å². The first-order valence-electron chi connectivity index (χ1n) is 8.63. The highest BCUT2D eigenvalue weighted by Gasteiger charge is 2.29. The number of benzene rings is 1. The molecule has 0 bridgehead atoms. The van der Waals surface area contributed by atoms with Gasteiger partial charge in [-0.25, -0.2) is 0 Å². The standard InChI is InChI=1S/C18H25F3N2O3.ClH/c1-23(14-7-9-22-10-8-14)17(24)6-4-13-3-5-15(16(11-13)25-2)26-12-18(19,20)21;/h3,5,11,14,22H,4,6-10,12H2,1-2H3;1H. The normalized spacial score (nSPS) is 15.0. The molecule has 154 valence electrons. The lowest BCUT2D eigenvalue weighted by atomic mass is 10.0. The number of hydrogen-bond donors (Lipinski definition) is 1. The van der Waals surface area contributed by atoms with Crippen LogP contribution in [0.25, 0.3) is 0 Å². The maximum Gasteiger partial charge on any atom is 0.422 e. The van der Waals surface area contributed by atoms with Crippen molar-refractivity contribution >= 4 is 18.3 Å². The van der Waals surface area contributed by atoms with Crippen molar-refractivity contribution in [3.8, 4) is 11.5 Å². The van der Waals surface area contributed by atoms with E-state index in [1.807, 2.05) is 7.05 Å². The van der Waals surface area contributed by atoms with Gasteiger partial charge < -0.3 is 19.7 Å². The van der Waals surface area contributed by atoms with E-state index in [9.17, 15) is 18.0 Å². The van der Waals surface area contributed by atoms with Crippen LogP contribution in [0.2, 0.25) is 0 Å². The van der Waals surface area contributed by atoms with Crippen molar-refractivity contribution in [1.82, 2.24) is 10.2 Å². The van der Waals surface area contributed by atoms with Crippen LogP contribution in [0, 0.1) is 0 Å². The number of alkyl halides is 3. The van der Waals surface area contributed by atoms with Gasteiger partial charge in [0.2, 0.25) is 5.91 Å². The molecule has 0 aromatic heterocycles. The van der Waals surface area contributed by atoms with Crippen molar-refractivity contribution in [3.05, 3.63) is 23.8 Å². The van der Waals surface area contributed by atoms with Gasteiger partial charge in [0.1, 0.15) is 0 Å². The topological polar surface area (TPSA) is 50.8 Å². The number of piperidine rings is 1. The van der Waals surface area contributed by atoms with Crippen LogP contribution in [0.5, 0.6) is 11.5 Å². The fourth-order valence-corrected chi connectivity index (χ4v) is 2.97. The van der Waals surface area contributed by atoms with E-state index in [1.165, 1.54) is 13.2 Å². The van der Waals surface area contributed by atoms with E-state index in [-0.39, 0.29) is 35.9 Å². The molecule has 1 fully saturated rings. The summed E-state index contributed by atoms with van der Waals surface area (Å²) in [7, 11) is 3.20. The molecule has 1 heterocycles. The Morgan fingerprint density at radius 3 is 2.52 bits per heavy atom. The molecule has 1 aliphatic heterocycles. The summed E-state index contributed by atoms with van der Waals surface area (Å²) in [4.78, 5) is 14.2. The summed E-state index contributed by atoms with van der Waals surface area (Å²) in [6.45, 7) is 0.458. The molecule has 1 aliphatic rings. The predicted molar refractivity (Wildman–Crippen MR) is 98.8 cm³/mol. The first-order valence-corrected chi connectivity index (χ1v) is 8.63. The number of hydrogen-bond acceptors (Lipinski definition) is 4. The Kier molecular flexibility index (Phi) is 9.18. The fraction of sp³-hybridized carbons (Fsp3) is 0.611. The van der Waals surface area contributed by atoms with Gasteiger partial charge in [-0.15, -0.1) is 12.4 Å². The van der Waals surface area contributed by atoms with E-state index >= 15 is 0 Å². The largest absolute Gasteiger partial charge is 0.493 e. The van der Waals surface area contributed by atoms with E-state index in [0.29, 0.717) is 12.8 Å². The zero-order valence-electron chi connectivity index (χ0n) is 15.5. The number of ether oxygens (including phenoxy) is 2. The third-order valence-electron chi connectivity index (χ3n) is 4.50. The second-order valence-electron chi connectivity index (χ2n) is 6.37. The molecular formula is C18H26ClF3N2O3. The molecule has 0 unspecified atom stereocenters. The lowest BCUT2D eigenvalue weighted by Gasteiger charge is -2.31. The second-order valence-corrected chi connectivity index (χ2v) is 6.37. The first kappa shape index (κ1) is 23.4. The molecule has 1 aromatic rings. The first-order chi connectivity index (χ1) is 12.3. The quantitative estimate of drug-likeness (QED) is 0.750. The average molecular weight is 411 g/mol. The van der Waals surface area contributed by atoms with Crippen molar-refractivity contribution in [2.24, 2.45) is 0 Å². The minimum absolute atomic E-state index is 0. The molecule has 0 saturated carbocycles. The zero-order chi connectivity index (χ0) is 19.2. The molecule has 0 radical (unpaired) electrons. The van der Waals surface area contributed by atoms with Crippen LogP contribution in [0.15, 0.2) is 18.2 Å². The third kappa shape index (κ3) is 7.46. The third-order valence-corrected chi connectivity index (χ3v) is 4.50. The molecule has 1 N–H and O–H groups in total. The van der Waals surface area contributed by atoms with Crippen LogP contribution in [0.3, 0.4) is 0 Å². The van der Waals surface area contributed by atoms with Gasteiger partial charge in [-0.2, -0.15) is 13.2 Å². The number of aryl methyl sites for hydroxylation is 1. The summed E-state index contributed by atoms with van der Waals surface area (Å²) < 4.78 is 46.7. The average Bonchev–Trinajstić information content (AvgIpc) is 2.64. The predicted octanol–water partition coefficient (Wildman–Crippen LogP) is 3.20. The van der Waals surface area contributed by atoms with Crippen LogP contribution >= 0.6 is 12.4 Å². The van der Waals surface area contributed by atoms with Crippen LogP contribution in [-0.2, 0) is 11.2 Å². The number of nitrogens with one attached hydrogen (secondary N) is 1. The van der Waals surface area contributed by atoms with E-state index < -0.39 is 12.8 Å². The Labute approximate surface area is 163 Å². The van der Waals surface area contributed by atoms with Crippen LogP contribution in [0.1, 0.15) is 24.8 Å². The number of rotatable bonds is 7. The summed E-state index contributed by atoms with van der Waals surface area (Å²) in [5.74, 6) is 0.325. The highest BCUT2D eigenvalue weighted by Crippen LogP contribution is 2.30. The van der Waals surface area contributed by atoms with Gasteiger partial charge in [-0.05, 0) is 50.0 Å². The molecule has 9 heteroatoms. The molecule has 2 rings (SSSR count). The molecular weight excluding hydrogens is 385 g/mol. The molecule has 5 nitrogen and oxygen atoms in total. The Hall–Kier alpha value is -1.67. The molecule has 1 amide bonds. The van der Waals surface area contributed by atoms with Crippen molar-refractivity contribution in [2.75, 3.05) is 33.9 Å². The number of carbonyl (C=O) groups is 1. The van der Waals surface area contributed by atoms with Crippen LogP contribution < -0.4 is 14.8 Å². The molecule has 1 saturated heterocycles. The van der Waals surface area contributed by atoms with E-state index in [0.717, 1.165) is 31.5 Å². The number of amides is 1. The smallest absolute Gasteiger partial charge is 0.422 e. The van der Waals surface area contributed by atoms with Crippen LogP contribution in [0.4, 0.5) is 13.2 Å². The van der Waals surface area contributed by atoms with E-state index in [1.54, 1.807) is 17.0 Å². The SMILES string of the molecule is COc1cc(CCC(=O)N(C)C2CCNCC2)ccc1OCC(F)(F)F.Cl. The van der Waals surface area contributed by atoms with Gasteiger partial charge >= 0.3 is 6.18 Å². The van der Waals surface area contributed by atoms with Crippen molar-refractivity contribution in [1.29, 1.82) is 0 Å². The highest BCUT2D eigenvalue weighted by atomic mass is 35.5. The van der Waals surface area contributed by atoms with Gasteiger partial charge in [-0.3, -0.25) is 4.79 Å². The number of methoxy groups -OCH3 is 1. The lowest BCUT2D eigenvalue weighted by Crippen LogP contribution is -2.44. The van der Waals surface area contributed by atoms with Gasteiger partial charge in [-0.1, -0.05) is 6.07 Å². The summed E-state index contributed by atoms with van der Waals surface area (Å²) in [5.41, 5.74) is 0.813. The van der Waals surface area contributed by atoms with Gasteiger partial charge in [0, 0.05) is 19.5 Å². The maximum atomic E-state index is 12.4. The van der Waals surface area contributed by atoms with Crippen molar-refractivity contribution in [2.45, 2.75) is 37.9 Å². The number of carbonyl (C=O) groups excluding carboxylic acids is 1. The Morgan fingerprint density at radius 2 is 1.93 bits per heavy atom. The number of nitrogens with zero attached hydrogens (tertiary/aromatic N) is 1. The van der Waals surface area contributed by atoms with E-state index in [2.05, 4.69) is 5.32 Å². The molecule has 27 heavy (non-hydrogen) atoms. The van der Waals surface area contributed by atoms with Crippen LogP contribution in [-0.4, -0.2) is 56.9 Å². The fourth-order valence-electron chi connectivity index (χ4n) is 2.97. The zero-order valence-corrected chi connectivity index (χ0v) is 16.3. The Bertz CT molecular complexity index is 608. The molecule has 1 aromatic carbocycles. The summed E-state index contributed by atoms with van der Waals surface area (Å²) in [6.07, 6.45) is -1.69. The minimum atomic E-state index is -4.41. The Morgan fingerprint density at radius 1 is 1.26 bits per heavy atom. The van der Waals surface area contributed by atoms with Gasteiger partial charge in [0.25, 0.3) is 0 Å². The summed E-state index contributed by atoms with van der Waals surface area (Å²) in [6, 6.07) is 4.98. The molecule has 0 atom stereocenters.